The number of nitrogens with zero attached hydrogens (tertiary/aromatic N) is 5. The van der Waals surface area contributed by atoms with Crippen molar-refractivity contribution in [2.45, 2.75) is 19.1 Å². The van der Waals surface area contributed by atoms with Crippen LogP contribution in [0.3, 0.4) is 0 Å². The summed E-state index contributed by atoms with van der Waals surface area (Å²) in [5.41, 5.74) is 3.55. The number of anilines is 1. The van der Waals surface area contributed by atoms with Gasteiger partial charge in [-0.1, -0.05) is 71.9 Å². The van der Waals surface area contributed by atoms with Gasteiger partial charge in [0.05, 0.1) is 22.9 Å². The predicted octanol–water partition coefficient (Wildman–Crippen LogP) is 4.48. The molecule has 2 heterocycles. The van der Waals surface area contributed by atoms with Crippen LogP contribution in [0.5, 0.6) is 11.5 Å². The van der Waals surface area contributed by atoms with Gasteiger partial charge >= 0.3 is 0 Å². The molecule has 0 bridgehead atoms. The summed E-state index contributed by atoms with van der Waals surface area (Å²) in [6.07, 6.45) is 1.54. The highest BCUT2D eigenvalue weighted by molar-refractivity contribution is 6.02. The van der Waals surface area contributed by atoms with E-state index in [9.17, 15) is 19.8 Å². The zero-order valence-electron chi connectivity index (χ0n) is 22.3. The van der Waals surface area contributed by atoms with Crippen LogP contribution in [-0.4, -0.2) is 42.0 Å². The summed E-state index contributed by atoms with van der Waals surface area (Å²) < 4.78 is 1.48. The quantitative estimate of drug-likeness (QED) is 0.235. The Morgan fingerprint density at radius 2 is 1.57 bits per heavy atom. The number of nitrogens with one attached hydrogen (secondary N) is 1. The van der Waals surface area contributed by atoms with Gasteiger partial charge < -0.3 is 15.5 Å². The maximum Gasteiger partial charge on any atom is 0.249 e. The molecule has 4 aromatic carbocycles. The van der Waals surface area contributed by atoms with Gasteiger partial charge in [0.2, 0.25) is 11.8 Å². The Morgan fingerprint density at radius 1 is 0.833 bits per heavy atom. The smallest absolute Gasteiger partial charge is 0.249 e. The second kappa shape index (κ2) is 11.4. The molecule has 0 aliphatic carbocycles. The fourth-order valence-electron chi connectivity index (χ4n) is 4.88. The van der Waals surface area contributed by atoms with Gasteiger partial charge in [0, 0.05) is 11.9 Å². The number of aromatic hydroxyl groups is 2. The van der Waals surface area contributed by atoms with Crippen LogP contribution in [0.4, 0.5) is 5.69 Å². The first-order valence-corrected chi connectivity index (χ1v) is 13.3. The number of phenolic OH excluding ortho intramolecular Hbond substituents is 2. The zero-order chi connectivity index (χ0) is 29.1. The Kier molecular flexibility index (Phi) is 7.17. The molecule has 10 nitrogen and oxygen atoms in total. The van der Waals surface area contributed by atoms with Crippen molar-refractivity contribution in [1.82, 2.24) is 25.3 Å². The third-order valence-corrected chi connectivity index (χ3v) is 6.96. The molecule has 0 spiro atoms. The molecule has 6 aromatic rings. The van der Waals surface area contributed by atoms with Crippen LogP contribution in [0.15, 0.2) is 109 Å². The van der Waals surface area contributed by atoms with Crippen LogP contribution in [0.25, 0.3) is 21.9 Å². The molecule has 0 saturated carbocycles. The van der Waals surface area contributed by atoms with Gasteiger partial charge in [0.1, 0.15) is 18.1 Å². The van der Waals surface area contributed by atoms with E-state index in [0.29, 0.717) is 22.3 Å². The van der Waals surface area contributed by atoms with Crippen molar-refractivity contribution in [3.8, 4) is 11.5 Å². The molecule has 0 saturated heterocycles. The second-order valence-corrected chi connectivity index (χ2v) is 9.74. The van der Waals surface area contributed by atoms with E-state index in [4.69, 9.17) is 0 Å². The normalized spacial score (nSPS) is 11.8. The molecule has 0 aliphatic rings. The van der Waals surface area contributed by atoms with Crippen molar-refractivity contribution in [2.75, 3.05) is 4.90 Å². The number of rotatable bonds is 8. The van der Waals surface area contributed by atoms with Crippen LogP contribution >= 0.6 is 0 Å². The zero-order valence-corrected chi connectivity index (χ0v) is 22.3. The SMILES string of the molecule is O=C(NCc1ccccc1)C(c1ccc(O)c(O)c1)N(C(=O)Cn1nnc2ccccc21)c1cnc2ccccc2c1. The number of phenols is 2. The third-order valence-electron chi connectivity index (χ3n) is 6.96. The maximum atomic E-state index is 14.3. The van der Waals surface area contributed by atoms with Crippen LogP contribution in [-0.2, 0) is 22.7 Å². The van der Waals surface area contributed by atoms with Crippen molar-refractivity contribution in [3.05, 3.63) is 120 Å². The van der Waals surface area contributed by atoms with Crippen molar-refractivity contribution in [3.63, 3.8) is 0 Å². The third kappa shape index (κ3) is 5.33. The lowest BCUT2D eigenvalue weighted by atomic mass is 10.0. The number of benzene rings is 4. The molecule has 208 valence electrons. The first-order chi connectivity index (χ1) is 20.5. The molecule has 1 atom stereocenters. The number of aromatic nitrogens is 4. The van der Waals surface area contributed by atoms with Crippen molar-refractivity contribution in [2.24, 2.45) is 0 Å². The Bertz CT molecular complexity index is 1910. The van der Waals surface area contributed by atoms with Crippen molar-refractivity contribution < 1.29 is 19.8 Å². The number of amides is 2. The number of hydrogen-bond acceptors (Lipinski definition) is 7. The molecule has 3 N–H and O–H groups in total. The summed E-state index contributed by atoms with van der Waals surface area (Å²) >= 11 is 0. The predicted molar refractivity (Wildman–Crippen MR) is 158 cm³/mol. The number of hydrogen-bond donors (Lipinski definition) is 3. The van der Waals surface area contributed by atoms with Gasteiger partial charge in [-0.15, -0.1) is 5.10 Å². The van der Waals surface area contributed by atoms with E-state index in [1.165, 1.54) is 34.0 Å². The standard InChI is InChI=1S/C32H26N6O4/c39-28-15-14-23(17-29(28)40)31(32(42)34-18-21-8-2-1-3-9-21)38(24-16-22-10-4-5-11-25(22)33-19-24)30(41)20-37-27-13-7-6-12-26(27)35-36-37/h1-17,19,31,39-40H,18,20H2,(H,34,42). The monoisotopic (exact) mass is 558 g/mol. The van der Waals surface area contributed by atoms with E-state index in [1.807, 2.05) is 72.8 Å². The molecule has 0 aliphatic heterocycles. The van der Waals surface area contributed by atoms with Crippen LogP contribution in [0.1, 0.15) is 17.2 Å². The van der Waals surface area contributed by atoms with Gasteiger partial charge in [0.25, 0.3) is 0 Å². The van der Waals surface area contributed by atoms with E-state index >= 15 is 0 Å². The van der Waals surface area contributed by atoms with Crippen LogP contribution in [0, 0.1) is 0 Å². The molecule has 2 aromatic heterocycles. The largest absolute Gasteiger partial charge is 0.504 e. The van der Waals surface area contributed by atoms with Crippen LogP contribution in [0.2, 0.25) is 0 Å². The van der Waals surface area contributed by atoms with E-state index in [0.717, 1.165) is 16.5 Å². The van der Waals surface area contributed by atoms with E-state index < -0.39 is 23.6 Å². The molecular formula is C32H26N6O4. The lowest BCUT2D eigenvalue weighted by molar-refractivity contribution is -0.127. The van der Waals surface area contributed by atoms with E-state index in [-0.39, 0.29) is 18.8 Å². The van der Waals surface area contributed by atoms with Crippen molar-refractivity contribution in [1.29, 1.82) is 0 Å². The minimum atomic E-state index is -1.23. The number of carbonyl (C=O) groups excluding carboxylic acids is 2. The maximum absolute atomic E-state index is 14.3. The van der Waals surface area contributed by atoms with Crippen LogP contribution < -0.4 is 10.2 Å². The lowest BCUT2D eigenvalue weighted by Gasteiger charge is -2.31. The second-order valence-electron chi connectivity index (χ2n) is 9.74. The number of fused-ring (bicyclic) bond motifs is 2. The number of para-hydroxylation sites is 2. The Balaban J connectivity index is 1.46. The van der Waals surface area contributed by atoms with Gasteiger partial charge in [-0.25, -0.2) is 4.68 Å². The molecule has 0 fully saturated rings. The van der Waals surface area contributed by atoms with E-state index in [2.05, 4.69) is 20.6 Å². The lowest BCUT2D eigenvalue weighted by Crippen LogP contribution is -2.45. The molecule has 1 unspecified atom stereocenters. The van der Waals surface area contributed by atoms with E-state index in [1.54, 1.807) is 12.1 Å². The number of carbonyl (C=O) groups is 2. The highest BCUT2D eigenvalue weighted by Crippen LogP contribution is 2.34. The summed E-state index contributed by atoms with van der Waals surface area (Å²) in [7, 11) is 0. The highest BCUT2D eigenvalue weighted by atomic mass is 16.3. The minimum Gasteiger partial charge on any atom is -0.504 e. The Morgan fingerprint density at radius 3 is 2.38 bits per heavy atom. The average molecular weight is 559 g/mol. The summed E-state index contributed by atoms with van der Waals surface area (Å²) in [6, 6.07) is 28.8. The summed E-state index contributed by atoms with van der Waals surface area (Å²) in [5.74, 6) is -1.72. The molecule has 42 heavy (non-hydrogen) atoms. The van der Waals surface area contributed by atoms with Gasteiger partial charge in [0.15, 0.2) is 11.5 Å². The summed E-state index contributed by atoms with van der Waals surface area (Å²) in [5, 5.41) is 32.4. The fourth-order valence-corrected chi connectivity index (χ4v) is 4.88. The average Bonchev–Trinajstić information content (AvgIpc) is 3.43. The fraction of sp³-hybridized carbons (Fsp3) is 0.0938. The molecule has 10 heteroatoms. The highest BCUT2D eigenvalue weighted by Gasteiger charge is 2.34. The Hall–Kier alpha value is -5.77. The molecular weight excluding hydrogens is 532 g/mol. The summed E-state index contributed by atoms with van der Waals surface area (Å²) in [6.45, 7) is -0.00811. The van der Waals surface area contributed by atoms with Gasteiger partial charge in [-0.2, -0.15) is 0 Å². The molecule has 0 radical (unpaired) electrons. The van der Waals surface area contributed by atoms with Gasteiger partial charge in [-0.3, -0.25) is 19.5 Å². The number of pyridine rings is 1. The first kappa shape index (κ1) is 26.5. The topological polar surface area (TPSA) is 133 Å². The van der Waals surface area contributed by atoms with Gasteiger partial charge in [-0.05, 0) is 47.5 Å². The molecule has 2 amide bonds. The minimum absolute atomic E-state index is 0.214. The Labute approximate surface area is 240 Å². The first-order valence-electron chi connectivity index (χ1n) is 13.3. The summed E-state index contributed by atoms with van der Waals surface area (Å²) in [4.78, 5) is 34.2. The molecule has 6 rings (SSSR count). The van der Waals surface area contributed by atoms with Crippen molar-refractivity contribution >= 4 is 39.4 Å².